The van der Waals surface area contributed by atoms with Crippen molar-refractivity contribution in [3.05, 3.63) is 56.9 Å². The second-order valence-electron chi connectivity index (χ2n) is 5.56. The van der Waals surface area contributed by atoms with Gasteiger partial charge in [0.05, 0.1) is 11.9 Å². The van der Waals surface area contributed by atoms with Crippen LogP contribution < -0.4 is 11.3 Å². The molecular weight excluding hydrogens is 386 g/mol. The van der Waals surface area contributed by atoms with Crippen molar-refractivity contribution in [1.29, 1.82) is 0 Å². The van der Waals surface area contributed by atoms with E-state index < -0.39 is 11.2 Å². The fourth-order valence-electron chi connectivity index (χ4n) is 2.47. The monoisotopic (exact) mass is 399 g/mol. The van der Waals surface area contributed by atoms with Crippen LogP contribution in [0.3, 0.4) is 0 Å². The summed E-state index contributed by atoms with van der Waals surface area (Å²) in [6.07, 6.45) is 1.46. The summed E-state index contributed by atoms with van der Waals surface area (Å²) in [5.41, 5.74) is 6.34. The van der Waals surface area contributed by atoms with Crippen molar-refractivity contribution in [2.24, 2.45) is 5.73 Å². The lowest BCUT2D eigenvalue weighted by Gasteiger charge is -2.09. The maximum Gasteiger partial charge on any atom is 0.262 e. The lowest BCUT2D eigenvalue weighted by molar-refractivity contribution is -0.117. The van der Waals surface area contributed by atoms with Gasteiger partial charge in [0.15, 0.2) is 10.8 Å². The summed E-state index contributed by atoms with van der Waals surface area (Å²) in [6, 6.07) is 9.34. The molecule has 3 N–H and O–H groups in total. The zero-order valence-electron chi connectivity index (χ0n) is 14.0. The summed E-state index contributed by atoms with van der Waals surface area (Å²) < 4.78 is 1.57. The molecule has 0 fully saturated rings. The highest BCUT2D eigenvalue weighted by Gasteiger charge is 2.25. The molecule has 0 saturated heterocycles. The molecule has 136 valence electrons. The van der Waals surface area contributed by atoms with Crippen LogP contribution in [0.2, 0.25) is 0 Å². The lowest BCUT2D eigenvalue weighted by atomic mass is 10.3. The largest absolute Gasteiger partial charge is 0.368 e. The number of benzene rings is 1. The van der Waals surface area contributed by atoms with Gasteiger partial charge in [0.25, 0.3) is 5.56 Å². The van der Waals surface area contributed by atoms with E-state index in [1.165, 1.54) is 17.5 Å². The Morgan fingerprint density at radius 2 is 2.07 bits per heavy atom. The molecule has 4 aromatic rings. The number of para-hydroxylation sites is 1. The number of fused-ring (bicyclic) bond motifs is 1. The molecule has 27 heavy (non-hydrogen) atoms. The molecule has 3 heterocycles. The summed E-state index contributed by atoms with van der Waals surface area (Å²) in [5.74, 6) is -0.588. The average molecular weight is 399 g/mol. The van der Waals surface area contributed by atoms with Gasteiger partial charge in [-0.25, -0.2) is 9.67 Å². The van der Waals surface area contributed by atoms with Crippen LogP contribution in [0.5, 0.6) is 0 Å². The summed E-state index contributed by atoms with van der Waals surface area (Å²) in [4.78, 5) is 31.5. The number of hydrogen-bond donors (Lipinski definition) is 2. The van der Waals surface area contributed by atoms with Crippen LogP contribution >= 0.6 is 23.1 Å². The fourth-order valence-corrected chi connectivity index (χ4v) is 4.23. The first-order valence-corrected chi connectivity index (χ1v) is 9.52. The van der Waals surface area contributed by atoms with Crippen LogP contribution in [0.25, 0.3) is 16.7 Å². The molecule has 11 heteroatoms. The Kier molecular flexibility index (Phi) is 4.46. The second kappa shape index (κ2) is 6.93. The van der Waals surface area contributed by atoms with Crippen molar-refractivity contribution in [2.45, 2.75) is 17.3 Å². The molecule has 0 bridgehead atoms. The van der Waals surface area contributed by atoms with Crippen LogP contribution in [-0.4, -0.2) is 35.9 Å². The van der Waals surface area contributed by atoms with E-state index in [1.807, 2.05) is 30.3 Å². The summed E-state index contributed by atoms with van der Waals surface area (Å²) in [7, 11) is 0. The maximum atomic E-state index is 12.4. The molecular formula is C16H13N7O2S2. The van der Waals surface area contributed by atoms with E-state index in [0.29, 0.717) is 16.0 Å². The number of rotatable bonds is 5. The Labute approximate surface area is 160 Å². The zero-order valence-corrected chi connectivity index (χ0v) is 15.6. The molecule has 0 aliphatic carbocycles. The van der Waals surface area contributed by atoms with Crippen LogP contribution in [0, 0.1) is 6.92 Å². The van der Waals surface area contributed by atoms with E-state index in [4.69, 9.17) is 5.73 Å². The number of carbonyl (C=O) groups is 1. The number of hydrogen-bond acceptors (Lipinski definition) is 8. The number of thioether (sulfide) groups is 1. The Morgan fingerprint density at radius 1 is 1.30 bits per heavy atom. The zero-order chi connectivity index (χ0) is 19.0. The third kappa shape index (κ3) is 3.34. The number of aromatic amines is 1. The number of nitrogens with two attached hydrogens (primary N) is 1. The summed E-state index contributed by atoms with van der Waals surface area (Å²) in [6.45, 7) is 1.79. The van der Waals surface area contributed by atoms with Gasteiger partial charge in [-0.05, 0) is 19.1 Å². The number of aromatic nitrogens is 6. The van der Waals surface area contributed by atoms with Gasteiger partial charge < -0.3 is 10.7 Å². The van der Waals surface area contributed by atoms with Crippen molar-refractivity contribution in [1.82, 2.24) is 29.9 Å². The van der Waals surface area contributed by atoms with Crippen LogP contribution in [0.15, 0.2) is 46.5 Å². The molecule has 4 rings (SSSR count). The fraction of sp³-hybridized carbons (Fsp3) is 0.125. The van der Waals surface area contributed by atoms with Crippen molar-refractivity contribution in [2.75, 3.05) is 0 Å². The van der Waals surface area contributed by atoms with Gasteiger partial charge in [-0.1, -0.05) is 30.0 Å². The number of nitrogens with zero attached hydrogens (tertiary/aromatic N) is 5. The maximum absolute atomic E-state index is 12.4. The van der Waals surface area contributed by atoms with Crippen LogP contribution in [-0.2, 0) is 4.79 Å². The minimum Gasteiger partial charge on any atom is -0.368 e. The van der Waals surface area contributed by atoms with E-state index in [1.54, 1.807) is 11.6 Å². The van der Waals surface area contributed by atoms with E-state index in [0.717, 1.165) is 22.5 Å². The average Bonchev–Trinajstić information content (AvgIpc) is 3.27. The van der Waals surface area contributed by atoms with Gasteiger partial charge in [-0.3, -0.25) is 9.59 Å². The number of carbonyl (C=O) groups excluding carboxylic acids is 1. The third-order valence-electron chi connectivity index (χ3n) is 3.67. The van der Waals surface area contributed by atoms with Crippen LogP contribution in [0.1, 0.15) is 15.3 Å². The Hall–Kier alpha value is -3.05. The first kappa shape index (κ1) is 17.4. The van der Waals surface area contributed by atoms with Crippen molar-refractivity contribution in [3.8, 4) is 5.69 Å². The Bertz CT molecular complexity index is 1180. The van der Waals surface area contributed by atoms with Gasteiger partial charge in [-0.15, -0.1) is 21.5 Å². The van der Waals surface area contributed by atoms with Crippen molar-refractivity contribution >= 4 is 40.0 Å². The Morgan fingerprint density at radius 3 is 2.74 bits per heavy atom. The molecule has 0 radical (unpaired) electrons. The molecule has 0 aliphatic heterocycles. The predicted octanol–water partition coefficient (Wildman–Crippen LogP) is 1.59. The molecule has 1 atom stereocenters. The smallest absolute Gasteiger partial charge is 0.262 e. The standard InChI is InChI=1S/C16H13N7O2S2/c1-8-21-22-15(26-8)11(12(17)24)27-16-19-13-10(14(25)20-16)7-18-23(13)9-5-3-2-4-6-9/h2-7,11H,1H3,(H2,17,24)(H,19,20,25). The number of nitrogens with one attached hydrogen (secondary N) is 1. The molecule has 3 aromatic heterocycles. The molecule has 0 saturated carbocycles. The molecule has 1 unspecified atom stereocenters. The van der Waals surface area contributed by atoms with Gasteiger partial charge in [0, 0.05) is 0 Å². The van der Waals surface area contributed by atoms with Gasteiger partial charge in [-0.2, -0.15) is 5.10 Å². The molecule has 9 nitrogen and oxygen atoms in total. The van der Waals surface area contributed by atoms with Gasteiger partial charge >= 0.3 is 0 Å². The number of aryl methyl sites for hydroxylation is 1. The van der Waals surface area contributed by atoms with E-state index >= 15 is 0 Å². The molecule has 1 aromatic carbocycles. The first-order chi connectivity index (χ1) is 13.0. The van der Waals surface area contributed by atoms with Crippen LogP contribution in [0.4, 0.5) is 0 Å². The topological polar surface area (TPSA) is 132 Å². The van der Waals surface area contributed by atoms with E-state index in [9.17, 15) is 9.59 Å². The quantitative estimate of drug-likeness (QED) is 0.384. The Balaban J connectivity index is 1.78. The third-order valence-corrected chi connectivity index (χ3v) is 5.83. The second-order valence-corrected chi connectivity index (χ2v) is 7.87. The van der Waals surface area contributed by atoms with E-state index in [-0.39, 0.29) is 10.7 Å². The van der Waals surface area contributed by atoms with Crippen molar-refractivity contribution < 1.29 is 4.79 Å². The lowest BCUT2D eigenvalue weighted by Crippen LogP contribution is -2.20. The highest BCUT2D eigenvalue weighted by Crippen LogP contribution is 2.34. The van der Waals surface area contributed by atoms with Gasteiger partial charge in [0.2, 0.25) is 5.91 Å². The summed E-state index contributed by atoms with van der Waals surface area (Å²) >= 11 is 2.30. The molecule has 0 aliphatic rings. The number of amides is 1. The highest BCUT2D eigenvalue weighted by molar-refractivity contribution is 8.00. The minimum absolute atomic E-state index is 0.252. The highest BCUT2D eigenvalue weighted by atomic mass is 32.2. The normalized spacial score (nSPS) is 12.3. The van der Waals surface area contributed by atoms with Crippen molar-refractivity contribution in [3.63, 3.8) is 0 Å². The predicted molar refractivity (Wildman–Crippen MR) is 102 cm³/mol. The first-order valence-electron chi connectivity index (χ1n) is 7.82. The number of H-pyrrole nitrogens is 1. The minimum atomic E-state index is -0.801. The summed E-state index contributed by atoms with van der Waals surface area (Å²) in [5, 5.41) is 13.1. The van der Waals surface area contributed by atoms with Gasteiger partial charge in [0.1, 0.15) is 20.7 Å². The van der Waals surface area contributed by atoms with E-state index in [2.05, 4.69) is 25.3 Å². The molecule has 0 spiro atoms. The SMILES string of the molecule is Cc1nnc(C(Sc2nc3c(cnn3-c3ccccc3)c(=O)[nH]2)C(N)=O)s1. The molecule has 1 amide bonds. The number of primary amides is 1.